The topological polar surface area (TPSA) is 99.2 Å². The molecule has 0 aliphatic carbocycles. The number of nitrogen functional groups attached to an aromatic ring is 1. The first-order valence-corrected chi connectivity index (χ1v) is 6.70. The summed E-state index contributed by atoms with van der Waals surface area (Å²) >= 11 is 0. The minimum absolute atomic E-state index is 0.0295. The van der Waals surface area contributed by atoms with Crippen LogP contribution in [0.15, 0.2) is 6.20 Å². The number of carbonyl (C=O) groups excluding carboxylic acids is 2. The molecule has 0 aromatic carbocycles. The van der Waals surface area contributed by atoms with E-state index in [1.807, 2.05) is 0 Å². The van der Waals surface area contributed by atoms with Gasteiger partial charge in [-0.25, -0.2) is 4.79 Å². The molecule has 3 N–H and O–H groups in total. The maximum Gasteiger partial charge on any atom is 0.361 e. The molecule has 7 heteroatoms. The molecule has 1 aromatic heterocycles. The number of aromatic nitrogens is 2. The Labute approximate surface area is 118 Å². The molecule has 0 saturated heterocycles. The lowest BCUT2D eigenvalue weighted by atomic mass is 10.1. The molecule has 20 heavy (non-hydrogen) atoms. The van der Waals surface area contributed by atoms with Crippen molar-refractivity contribution in [3.05, 3.63) is 11.9 Å². The van der Waals surface area contributed by atoms with Crippen LogP contribution >= 0.6 is 0 Å². The van der Waals surface area contributed by atoms with E-state index in [0.29, 0.717) is 12.5 Å². The molecule has 0 saturated carbocycles. The van der Waals surface area contributed by atoms with E-state index in [4.69, 9.17) is 10.5 Å². The molecule has 0 aliphatic rings. The zero-order chi connectivity index (χ0) is 15.1. The molecule has 1 amide bonds. The van der Waals surface area contributed by atoms with Gasteiger partial charge >= 0.3 is 5.97 Å². The fraction of sp³-hybridized carbons (Fsp3) is 0.615. The van der Waals surface area contributed by atoms with Gasteiger partial charge in [0.2, 0.25) is 5.91 Å². The van der Waals surface area contributed by atoms with Gasteiger partial charge in [0.15, 0.2) is 5.69 Å². The summed E-state index contributed by atoms with van der Waals surface area (Å²) in [5.41, 5.74) is 5.92. The Morgan fingerprint density at radius 3 is 2.80 bits per heavy atom. The maximum atomic E-state index is 11.7. The Hall–Kier alpha value is -2.05. The maximum absolute atomic E-state index is 11.7. The number of hydrogen-bond acceptors (Lipinski definition) is 5. The van der Waals surface area contributed by atoms with Gasteiger partial charge in [0.05, 0.1) is 12.3 Å². The van der Waals surface area contributed by atoms with Crippen molar-refractivity contribution in [3.63, 3.8) is 0 Å². The summed E-state index contributed by atoms with van der Waals surface area (Å²) in [6, 6.07) is 0. The van der Waals surface area contributed by atoms with Crippen LogP contribution in [0.4, 0.5) is 5.69 Å². The number of carbonyl (C=O) groups is 2. The van der Waals surface area contributed by atoms with Crippen molar-refractivity contribution in [2.24, 2.45) is 5.92 Å². The van der Waals surface area contributed by atoms with Gasteiger partial charge in [0, 0.05) is 12.7 Å². The molecule has 0 bridgehead atoms. The summed E-state index contributed by atoms with van der Waals surface area (Å²) in [7, 11) is 0. The number of nitrogens with zero attached hydrogens (tertiary/aromatic N) is 2. The highest BCUT2D eigenvalue weighted by Gasteiger charge is 2.16. The highest BCUT2D eigenvalue weighted by molar-refractivity contribution is 5.92. The number of ether oxygens (including phenoxy) is 1. The predicted molar refractivity (Wildman–Crippen MR) is 75.1 cm³/mol. The van der Waals surface area contributed by atoms with Crippen LogP contribution < -0.4 is 11.1 Å². The predicted octanol–water partition coefficient (Wildman–Crippen LogP) is 0.804. The molecule has 1 rings (SSSR count). The van der Waals surface area contributed by atoms with Gasteiger partial charge in [-0.15, -0.1) is 0 Å². The van der Waals surface area contributed by atoms with Crippen LogP contribution in [0.3, 0.4) is 0 Å². The molecule has 7 nitrogen and oxygen atoms in total. The first-order chi connectivity index (χ1) is 9.43. The smallest absolute Gasteiger partial charge is 0.361 e. The van der Waals surface area contributed by atoms with Gasteiger partial charge in [-0.05, 0) is 19.3 Å². The fourth-order valence-electron chi connectivity index (χ4n) is 1.58. The molecule has 112 valence electrons. The van der Waals surface area contributed by atoms with Gasteiger partial charge < -0.3 is 15.8 Å². The van der Waals surface area contributed by atoms with Crippen molar-refractivity contribution in [3.8, 4) is 0 Å². The van der Waals surface area contributed by atoms with E-state index in [2.05, 4.69) is 24.3 Å². The third-order valence-corrected chi connectivity index (χ3v) is 2.61. The van der Waals surface area contributed by atoms with Crippen LogP contribution in [0.2, 0.25) is 0 Å². The van der Waals surface area contributed by atoms with Crippen molar-refractivity contribution in [1.29, 1.82) is 0 Å². The second-order valence-corrected chi connectivity index (χ2v) is 4.88. The van der Waals surface area contributed by atoms with Crippen LogP contribution in [0.5, 0.6) is 0 Å². The van der Waals surface area contributed by atoms with E-state index in [9.17, 15) is 9.59 Å². The quantitative estimate of drug-likeness (QED) is 0.721. The van der Waals surface area contributed by atoms with Crippen molar-refractivity contribution < 1.29 is 14.3 Å². The molecule has 0 aliphatic heterocycles. The first-order valence-electron chi connectivity index (χ1n) is 6.70. The summed E-state index contributed by atoms with van der Waals surface area (Å²) in [5, 5.41) is 6.76. The number of nitrogens with two attached hydrogens (primary N) is 1. The van der Waals surface area contributed by atoms with Crippen molar-refractivity contribution in [2.45, 2.75) is 33.7 Å². The summed E-state index contributed by atoms with van der Waals surface area (Å²) < 4.78 is 6.16. The number of esters is 1. The molecule has 0 radical (unpaired) electrons. The van der Waals surface area contributed by atoms with Crippen molar-refractivity contribution >= 4 is 17.6 Å². The number of rotatable bonds is 7. The lowest BCUT2D eigenvalue weighted by Gasteiger charge is -2.07. The lowest BCUT2D eigenvalue weighted by molar-refractivity contribution is -0.121. The van der Waals surface area contributed by atoms with Crippen molar-refractivity contribution in [2.75, 3.05) is 18.9 Å². The minimum Gasteiger partial charge on any atom is -0.461 e. The van der Waals surface area contributed by atoms with Crippen LogP contribution in [0.1, 0.15) is 37.7 Å². The van der Waals surface area contributed by atoms with Gasteiger partial charge in [-0.2, -0.15) is 5.10 Å². The van der Waals surface area contributed by atoms with E-state index in [-0.39, 0.29) is 30.4 Å². The Balaban J connectivity index is 2.54. The highest BCUT2D eigenvalue weighted by Crippen LogP contribution is 2.10. The monoisotopic (exact) mass is 282 g/mol. The molecular weight excluding hydrogens is 260 g/mol. The fourth-order valence-corrected chi connectivity index (χ4v) is 1.58. The SMILES string of the molecule is CCOC(=O)c1nn(CC(=O)NCCC(C)C)cc1N. The third-order valence-electron chi connectivity index (χ3n) is 2.61. The normalized spacial score (nSPS) is 10.6. The number of anilines is 1. The van der Waals surface area contributed by atoms with Crippen LogP contribution in [0, 0.1) is 5.92 Å². The van der Waals surface area contributed by atoms with Gasteiger partial charge in [0.1, 0.15) is 6.54 Å². The van der Waals surface area contributed by atoms with Gasteiger partial charge in [-0.1, -0.05) is 13.8 Å². The average Bonchev–Trinajstić information content (AvgIpc) is 2.70. The zero-order valence-corrected chi connectivity index (χ0v) is 12.2. The number of nitrogens with one attached hydrogen (secondary N) is 1. The average molecular weight is 282 g/mol. The second kappa shape index (κ2) is 7.52. The van der Waals surface area contributed by atoms with E-state index in [1.54, 1.807) is 6.92 Å². The molecule has 0 fully saturated rings. The Morgan fingerprint density at radius 1 is 1.50 bits per heavy atom. The summed E-state index contributed by atoms with van der Waals surface area (Å²) in [4.78, 5) is 23.2. The third kappa shape index (κ3) is 4.91. The molecule has 0 unspecified atom stereocenters. The van der Waals surface area contributed by atoms with Gasteiger partial charge in [-0.3, -0.25) is 9.48 Å². The lowest BCUT2D eigenvalue weighted by Crippen LogP contribution is -2.29. The Kier molecular flexibility index (Phi) is 6.02. The Bertz CT molecular complexity index is 468. The molecule has 1 heterocycles. The van der Waals surface area contributed by atoms with E-state index in [1.165, 1.54) is 10.9 Å². The minimum atomic E-state index is -0.580. The zero-order valence-electron chi connectivity index (χ0n) is 12.2. The largest absolute Gasteiger partial charge is 0.461 e. The van der Waals surface area contributed by atoms with Crippen molar-refractivity contribution in [1.82, 2.24) is 15.1 Å². The number of amides is 1. The highest BCUT2D eigenvalue weighted by atomic mass is 16.5. The standard InChI is InChI=1S/C13H22N4O3/c1-4-20-13(19)12-10(14)7-17(16-12)8-11(18)15-6-5-9(2)3/h7,9H,4-6,8,14H2,1-3H3,(H,15,18). The summed E-state index contributed by atoms with van der Waals surface area (Å²) in [6.07, 6.45) is 2.37. The molecule has 0 spiro atoms. The summed E-state index contributed by atoms with van der Waals surface area (Å²) in [5.74, 6) is -0.210. The van der Waals surface area contributed by atoms with E-state index >= 15 is 0 Å². The van der Waals surface area contributed by atoms with Crippen LogP contribution in [0.25, 0.3) is 0 Å². The van der Waals surface area contributed by atoms with Crippen LogP contribution in [-0.2, 0) is 16.1 Å². The summed E-state index contributed by atoms with van der Waals surface area (Å²) in [6.45, 7) is 6.78. The number of hydrogen-bond donors (Lipinski definition) is 2. The molecular formula is C13H22N4O3. The van der Waals surface area contributed by atoms with E-state index in [0.717, 1.165) is 6.42 Å². The second-order valence-electron chi connectivity index (χ2n) is 4.88. The Morgan fingerprint density at radius 2 is 2.20 bits per heavy atom. The molecule has 1 aromatic rings. The van der Waals surface area contributed by atoms with Gasteiger partial charge in [0.25, 0.3) is 0 Å². The first kappa shape index (κ1) is 16.0. The van der Waals surface area contributed by atoms with E-state index < -0.39 is 5.97 Å². The van der Waals surface area contributed by atoms with Crippen LogP contribution in [-0.4, -0.2) is 34.8 Å². The molecule has 0 atom stereocenters.